The van der Waals surface area contributed by atoms with Gasteiger partial charge in [0.1, 0.15) is 5.82 Å². The largest absolute Gasteiger partial charge is 0.461 e. The van der Waals surface area contributed by atoms with Crippen molar-refractivity contribution in [3.8, 4) is 11.6 Å². The molecule has 0 amide bonds. The molecule has 0 spiro atoms. The molecule has 0 bridgehead atoms. The van der Waals surface area contributed by atoms with E-state index in [1.54, 1.807) is 24.3 Å². The van der Waals surface area contributed by atoms with E-state index in [9.17, 15) is 9.18 Å². The Kier molecular flexibility index (Phi) is 4.92. The molecule has 0 fully saturated rings. The molecule has 1 aromatic carbocycles. The molecular weight excluding hydrogens is 323 g/mol. The van der Waals surface area contributed by atoms with Crippen LogP contribution in [0, 0.1) is 11.7 Å². The predicted octanol–water partition coefficient (Wildman–Crippen LogP) is 3.98. The van der Waals surface area contributed by atoms with Crippen molar-refractivity contribution in [2.24, 2.45) is 5.92 Å². The van der Waals surface area contributed by atoms with Crippen molar-refractivity contribution >= 4 is 11.9 Å². The lowest BCUT2D eigenvalue weighted by Gasteiger charge is -2.08. The van der Waals surface area contributed by atoms with Gasteiger partial charge in [-0.05, 0) is 35.7 Å². The van der Waals surface area contributed by atoms with Crippen LogP contribution in [-0.4, -0.2) is 20.7 Å². The monoisotopic (exact) mass is 342 g/mol. The summed E-state index contributed by atoms with van der Waals surface area (Å²) in [6, 6.07) is 9.59. The lowest BCUT2D eigenvalue weighted by Crippen LogP contribution is -2.18. The average molecular weight is 342 g/mol. The van der Waals surface area contributed by atoms with Crippen molar-refractivity contribution in [2.75, 3.05) is 5.32 Å². The molecule has 0 saturated heterocycles. The zero-order valence-electron chi connectivity index (χ0n) is 14.1. The van der Waals surface area contributed by atoms with Crippen molar-refractivity contribution < 1.29 is 13.6 Å². The summed E-state index contributed by atoms with van der Waals surface area (Å²) in [5.41, 5.74) is 0.867. The minimum Gasteiger partial charge on any atom is -0.461 e. The number of hydrogen-bond donors (Lipinski definition) is 1. The minimum absolute atomic E-state index is 0.151. The Balaban J connectivity index is 1.84. The smallest absolute Gasteiger partial charge is 0.250 e. The van der Waals surface area contributed by atoms with E-state index in [4.69, 9.17) is 4.42 Å². The third kappa shape index (κ3) is 4.12. The van der Waals surface area contributed by atoms with Gasteiger partial charge in [-0.1, -0.05) is 26.0 Å². The Morgan fingerprint density at radius 2 is 2.04 bits per heavy atom. The van der Waals surface area contributed by atoms with Crippen LogP contribution >= 0.6 is 0 Å². The number of anilines is 1. The molecule has 2 heterocycles. The summed E-state index contributed by atoms with van der Waals surface area (Å²) in [6.45, 7) is 4.33. The number of nitrogens with zero attached hydrogens (tertiary/aromatic N) is 3. The third-order valence-electron chi connectivity index (χ3n) is 3.53. The highest BCUT2D eigenvalue weighted by atomic mass is 19.1. The first-order valence-electron chi connectivity index (χ1n) is 8.05. The Bertz CT molecular complexity index is 839. The molecule has 2 aromatic heterocycles. The van der Waals surface area contributed by atoms with Gasteiger partial charge in [0.25, 0.3) is 0 Å². The van der Waals surface area contributed by atoms with Crippen molar-refractivity contribution in [1.29, 1.82) is 0 Å². The first kappa shape index (κ1) is 16.9. The zero-order valence-corrected chi connectivity index (χ0v) is 14.1. The Morgan fingerprint density at radius 3 is 2.68 bits per heavy atom. The molecule has 0 aliphatic carbocycles. The standard InChI is InChI=1S/C18H19FN4O2/c1-12(2)10-16(24)23-18(20-11-13-5-7-14(19)8-6-13)21-17(22-23)15-4-3-9-25-15/h3-9,12H,10-11H2,1-2H3,(H,20,21,22). The molecule has 3 aromatic rings. The predicted molar refractivity (Wildman–Crippen MR) is 91.5 cm³/mol. The van der Waals surface area contributed by atoms with Gasteiger partial charge >= 0.3 is 0 Å². The number of aromatic nitrogens is 3. The normalized spacial score (nSPS) is 11.0. The fourth-order valence-corrected chi connectivity index (χ4v) is 2.33. The van der Waals surface area contributed by atoms with Gasteiger partial charge in [-0.3, -0.25) is 4.79 Å². The maximum atomic E-state index is 13.0. The molecule has 130 valence electrons. The average Bonchev–Trinajstić information content (AvgIpc) is 3.23. The van der Waals surface area contributed by atoms with E-state index in [1.807, 2.05) is 13.8 Å². The van der Waals surface area contributed by atoms with E-state index in [1.165, 1.54) is 23.1 Å². The fraction of sp³-hybridized carbons (Fsp3) is 0.278. The topological polar surface area (TPSA) is 73.0 Å². The number of furan rings is 1. The van der Waals surface area contributed by atoms with Crippen LogP contribution in [0.5, 0.6) is 0 Å². The van der Waals surface area contributed by atoms with Crippen LogP contribution in [0.3, 0.4) is 0 Å². The van der Waals surface area contributed by atoms with E-state index >= 15 is 0 Å². The second-order valence-corrected chi connectivity index (χ2v) is 6.12. The van der Waals surface area contributed by atoms with Crippen molar-refractivity contribution in [2.45, 2.75) is 26.8 Å². The third-order valence-corrected chi connectivity index (χ3v) is 3.53. The summed E-state index contributed by atoms with van der Waals surface area (Å²) >= 11 is 0. The second kappa shape index (κ2) is 7.29. The second-order valence-electron chi connectivity index (χ2n) is 6.12. The van der Waals surface area contributed by atoms with Gasteiger partial charge in [-0.25, -0.2) is 4.39 Å². The molecule has 7 heteroatoms. The van der Waals surface area contributed by atoms with E-state index < -0.39 is 0 Å². The van der Waals surface area contributed by atoms with Crippen LogP contribution in [0.25, 0.3) is 11.6 Å². The quantitative estimate of drug-likeness (QED) is 0.733. The summed E-state index contributed by atoms with van der Waals surface area (Å²) in [4.78, 5) is 16.8. The van der Waals surface area contributed by atoms with Gasteiger partial charge in [-0.2, -0.15) is 9.67 Å². The number of carbonyl (C=O) groups is 1. The Hall–Kier alpha value is -2.96. The number of benzene rings is 1. The van der Waals surface area contributed by atoms with Crippen LogP contribution in [0.2, 0.25) is 0 Å². The number of carbonyl (C=O) groups excluding carboxylic acids is 1. The molecule has 6 nitrogen and oxygen atoms in total. The summed E-state index contributed by atoms with van der Waals surface area (Å²) in [6.07, 6.45) is 1.88. The molecular formula is C18H19FN4O2. The lowest BCUT2D eigenvalue weighted by molar-refractivity contribution is 0.0873. The van der Waals surface area contributed by atoms with E-state index in [2.05, 4.69) is 15.4 Å². The van der Waals surface area contributed by atoms with Gasteiger partial charge < -0.3 is 9.73 Å². The molecule has 0 aliphatic heterocycles. The van der Waals surface area contributed by atoms with E-state index in [0.717, 1.165) is 5.56 Å². The highest BCUT2D eigenvalue weighted by Gasteiger charge is 2.19. The maximum absolute atomic E-state index is 13.0. The van der Waals surface area contributed by atoms with E-state index in [-0.39, 0.29) is 17.6 Å². The van der Waals surface area contributed by atoms with E-state index in [0.29, 0.717) is 30.5 Å². The highest BCUT2D eigenvalue weighted by Crippen LogP contribution is 2.19. The lowest BCUT2D eigenvalue weighted by atomic mass is 10.1. The van der Waals surface area contributed by atoms with Crippen LogP contribution in [0.15, 0.2) is 47.1 Å². The van der Waals surface area contributed by atoms with Gasteiger partial charge in [-0.15, -0.1) is 5.10 Å². The molecule has 1 N–H and O–H groups in total. The number of halogens is 1. The molecule has 0 unspecified atom stereocenters. The Morgan fingerprint density at radius 1 is 1.28 bits per heavy atom. The van der Waals surface area contributed by atoms with Gasteiger partial charge in [0.05, 0.1) is 6.26 Å². The van der Waals surface area contributed by atoms with Crippen molar-refractivity contribution in [3.05, 3.63) is 54.0 Å². The SMILES string of the molecule is CC(C)CC(=O)n1nc(-c2ccco2)nc1NCc1ccc(F)cc1. The summed E-state index contributed by atoms with van der Waals surface area (Å²) in [5.74, 6) is 0.917. The summed E-state index contributed by atoms with van der Waals surface area (Å²) in [7, 11) is 0. The number of nitrogens with one attached hydrogen (secondary N) is 1. The maximum Gasteiger partial charge on any atom is 0.250 e. The first-order valence-corrected chi connectivity index (χ1v) is 8.05. The summed E-state index contributed by atoms with van der Waals surface area (Å²) in [5, 5.41) is 7.36. The van der Waals surface area contributed by atoms with Gasteiger partial charge in [0.15, 0.2) is 5.76 Å². The molecule has 3 rings (SSSR count). The molecule has 25 heavy (non-hydrogen) atoms. The first-order chi connectivity index (χ1) is 12.0. The van der Waals surface area contributed by atoms with Crippen LogP contribution < -0.4 is 5.32 Å². The van der Waals surface area contributed by atoms with Crippen molar-refractivity contribution in [3.63, 3.8) is 0 Å². The van der Waals surface area contributed by atoms with Crippen LogP contribution in [-0.2, 0) is 6.54 Å². The van der Waals surface area contributed by atoms with Gasteiger partial charge in [0, 0.05) is 13.0 Å². The minimum atomic E-state index is -0.292. The summed E-state index contributed by atoms with van der Waals surface area (Å²) < 4.78 is 19.6. The Labute approximate surface area is 144 Å². The highest BCUT2D eigenvalue weighted by molar-refractivity contribution is 5.81. The molecule has 0 aliphatic rings. The van der Waals surface area contributed by atoms with Gasteiger partial charge in [0.2, 0.25) is 17.7 Å². The molecule has 0 saturated carbocycles. The number of rotatable bonds is 6. The van der Waals surface area contributed by atoms with Crippen molar-refractivity contribution in [1.82, 2.24) is 14.8 Å². The zero-order chi connectivity index (χ0) is 17.8. The molecule has 0 atom stereocenters. The fourth-order valence-electron chi connectivity index (χ4n) is 2.33. The number of hydrogen-bond acceptors (Lipinski definition) is 5. The molecule has 0 radical (unpaired) electrons. The van der Waals surface area contributed by atoms with Crippen LogP contribution in [0.1, 0.15) is 30.6 Å². The van der Waals surface area contributed by atoms with Crippen LogP contribution in [0.4, 0.5) is 10.3 Å².